The lowest BCUT2D eigenvalue weighted by atomic mass is 10.0. The van der Waals surface area contributed by atoms with Gasteiger partial charge in [0.05, 0.1) is 4.90 Å². The summed E-state index contributed by atoms with van der Waals surface area (Å²) in [6.45, 7) is 6.11. The number of rotatable bonds is 4. The summed E-state index contributed by atoms with van der Waals surface area (Å²) in [7, 11) is -3.66. The Balaban J connectivity index is 1.50. The zero-order valence-corrected chi connectivity index (χ0v) is 18.3. The molecule has 0 bridgehead atoms. The van der Waals surface area contributed by atoms with Gasteiger partial charge in [-0.15, -0.1) is 0 Å². The molecule has 164 valence electrons. The van der Waals surface area contributed by atoms with Gasteiger partial charge in [-0.05, 0) is 42.3 Å². The molecule has 1 amide bonds. The normalized spacial score (nSPS) is 19.9. The predicted octanol–water partition coefficient (Wildman–Crippen LogP) is 2.24. The number of carbonyl (C=O) groups is 1. The van der Waals surface area contributed by atoms with Crippen molar-refractivity contribution in [3.05, 3.63) is 59.9 Å². The third-order valence-electron chi connectivity index (χ3n) is 5.60. The first-order valence-corrected chi connectivity index (χ1v) is 11.7. The number of fused-ring (bicyclic) bond motifs is 1. The van der Waals surface area contributed by atoms with Crippen molar-refractivity contribution in [2.75, 3.05) is 31.1 Å². The van der Waals surface area contributed by atoms with E-state index in [1.807, 2.05) is 13.8 Å². The van der Waals surface area contributed by atoms with Crippen LogP contribution in [0.5, 0.6) is 0 Å². The first kappa shape index (κ1) is 21.3. The van der Waals surface area contributed by atoms with Crippen molar-refractivity contribution >= 4 is 27.5 Å². The first-order chi connectivity index (χ1) is 14.8. The fourth-order valence-corrected chi connectivity index (χ4v) is 5.12. The quantitative estimate of drug-likeness (QED) is 0.784. The van der Waals surface area contributed by atoms with E-state index in [2.05, 4.69) is 14.6 Å². The molecule has 9 heteroatoms. The molecular weight excluding hydrogens is 419 g/mol. The molecule has 1 N–H and O–H groups in total. The molecule has 0 aliphatic carbocycles. The number of hydrogen-bond acceptors (Lipinski definition) is 5. The smallest absolute Gasteiger partial charge is 0.263 e. The minimum absolute atomic E-state index is 0.104. The molecule has 0 radical (unpaired) electrons. The third kappa shape index (κ3) is 4.27. The first-order valence-electron chi connectivity index (χ1n) is 10.3. The van der Waals surface area contributed by atoms with Gasteiger partial charge >= 0.3 is 0 Å². The van der Waals surface area contributed by atoms with E-state index < -0.39 is 16.1 Å². The molecule has 2 aliphatic heterocycles. The van der Waals surface area contributed by atoms with Crippen LogP contribution in [0.1, 0.15) is 19.4 Å². The van der Waals surface area contributed by atoms with Crippen LogP contribution in [-0.4, -0.2) is 57.3 Å². The molecular formula is C22H25FN4O3S. The molecule has 2 aliphatic rings. The van der Waals surface area contributed by atoms with Crippen LogP contribution < -0.4 is 9.62 Å². The van der Waals surface area contributed by atoms with E-state index in [-0.39, 0.29) is 28.4 Å². The van der Waals surface area contributed by atoms with Gasteiger partial charge in [-0.3, -0.25) is 14.5 Å². The van der Waals surface area contributed by atoms with Crippen LogP contribution in [0.15, 0.2) is 58.4 Å². The van der Waals surface area contributed by atoms with Gasteiger partial charge in [0.1, 0.15) is 17.7 Å². The van der Waals surface area contributed by atoms with Gasteiger partial charge in [-0.2, -0.15) is 0 Å². The summed E-state index contributed by atoms with van der Waals surface area (Å²) in [6, 6.07) is 12.3. The second-order valence-corrected chi connectivity index (χ2v) is 9.71. The Labute approximate surface area is 181 Å². The van der Waals surface area contributed by atoms with Crippen LogP contribution in [0.3, 0.4) is 0 Å². The van der Waals surface area contributed by atoms with Crippen LogP contribution in [0.2, 0.25) is 0 Å². The minimum Gasteiger partial charge on any atom is -0.368 e. The van der Waals surface area contributed by atoms with Gasteiger partial charge in [-0.1, -0.05) is 26.0 Å². The Hall–Kier alpha value is -2.94. The summed E-state index contributed by atoms with van der Waals surface area (Å²) in [6.07, 6.45) is 0. The average Bonchev–Trinajstić information content (AvgIpc) is 3.02. The zero-order valence-electron chi connectivity index (χ0n) is 17.5. The van der Waals surface area contributed by atoms with E-state index in [1.165, 1.54) is 18.2 Å². The molecule has 0 saturated carbocycles. The SMILES string of the molecule is CC(C)[C@@H](N=C1NS(=O)(=O)c2ccccc21)C(=O)N1CCN(c2ccc(F)cc2)CC1. The summed E-state index contributed by atoms with van der Waals surface area (Å²) >= 11 is 0. The molecule has 2 aromatic rings. The van der Waals surface area contributed by atoms with Crippen molar-refractivity contribution in [1.82, 2.24) is 9.62 Å². The van der Waals surface area contributed by atoms with E-state index in [0.29, 0.717) is 31.7 Å². The average molecular weight is 445 g/mol. The minimum atomic E-state index is -3.66. The maximum absolute atomic E-state index is 13.3. The zero-order chi connectivity index (χ0) is 22.2. The Kier molecular flexibility index (Phi) is 5.70. The molecule has 4 rings (SSSR count). The number of amides is 1. The van der Waals surface area contributed by atoms with Gasteiger partial charge in [-0.25, -0.2) is 12.8 Å². The largest absolute Gasteiger partial charge is 0.368 e. The highest BCUT2D eigenvalue weighted by Crippen LogP contribution is 2.24. The summed E-state index contributed by atoms with van der Waals surface area (Å²) in [4.78, 5) is 21.9. The molecule has 0 unspecified atom stereocenters. The summed E-state index contributed by atoms with van der Waals surface area (Å²) in [5, 5.41) is 0. The number of nitrogens with one attached hydrogen (secondary N) is 1. The monoisotopic (exact) mass is 444 g/mol. The summed E-state index contributed by atoms with van der Waals surface area (Å²) in [5.74, 6) is -0.287. The van der Waals surface area contributed by atoms with E-state index in [0.717, 1.165) is 5.69 Å². The van der Waals surface area contributed by atoms with E-state index >= 15 is 0 Å². The lowest BCUT2D eigenvalue weighted by Crippen LogP contribution is -2.52. The molecule has 2 heterocycles. The molecule has 1 saturated heterocycles. The van der Waals surface area contributed by atoms with Crippen molar-refractivity contribution < 1.29 is 17.6 Å². The second kappa shape index (κ2) is 8.30. The number of halogens is 1. The Morgan fingerprint density at radius 1 is 1.03 bits per heavy atom. The number of anilines is 1. The second-order valence-electron chi connectivity index (χ2n) is 8.06. The van der Waals surface area contributed by atoms with Crippen molar-refractivity contribution in [3.63, 3.8) is 0 Å². The van der Waals surface area contributed by atoms with Crippen LogP contribution >= 0.6 is 0 Å². The van der Waals surface area contributed by atoms with Crippen LogP contribution in [0.4, 0.5) is 10.1 Å². The van der Waals surface area contributed by atoms with Crippen LogP contribution in [0.25, 0.3) is 0 Å². The number of nitrogens with zero attached hydrogens (tertiary/aromatic N) is 3. The van der Waals surface area contributed by atoms with Crippen LogP contribution in [0, 0.1) is 11.7 Å². The van der Waals surface area contributed by atoms with Crippen molar-refractivity contribution in [1.29, 1.82) is 0 Å². The number of aliphatic imine (C=N–C) groups is 1. The van der Waals surface area contributed by atoms with Crippen molar-refractivity contribution in [3.8, 4) is 0 Å². The van der Waals surface area contributed by atoms with Crippen molar-refractivity contribution in [2.24, 2.45) is 10.9 Å². The number of hydrogen-bond donors (Lipinski definition) is 1. The number of sulfonamides is 1. The summed E-state index contributed by atoms with van der Waals surface area (Å²) in [5.41, 5.74) is 1.41. The van der Waals surface area contributed by atoms with E-state index in [9.17, 15) is 17.6 Å². The van der Waals surface area contributed by atoms with Gasteiger partial charge in [0.25, 0.3) is 10.0 Å². The Bertz CT molecular complexity index is 1110. The van der Waals surface area contributed by atoms with Gasteiger partial charge < -0.3 is 9.80 Å². The predicted molar refractivity (Wildman–Crippen MR) is 117 cm³/mol. The van der Waals surface area contributed by atoms with Crippen molar-refractivity contribution in [2.45, 2.75) is 24.8 Å². The number of carbonyl (C=O) groups excluding carboxylic acids is 1. The fraction of sp³-hybridized carbons (Fsp3) is 0.364. The van der Waals surface area contributed by atoms with E-state index in [4.69, 9.17) is 0 Å². The van der Waals surface area contributed by atoms with E-state index in [1.54, 1.807) is 35.2 Å². The highest BCUT2D eigenvalue weighted by atomic mass is 32.2. The maximum Gasteiger partial charge on any atom is 0.263 e. The van der Waals surface area contributed by atoms with Gasteiger partial charge in [0, 0.05) is 37.4 Å². The molecule has 0 spiro atoms. The van der Waals surface area contributed by atoms with Gasteiger partial charge in [0.2, 0.25) is 5.91 Å². The lowest BCUT2D eigenvalue weighted by molar-refractivity contribution is -0.133. The number of benzene rings is 2. The third-order valence-corrected chi connectivity index (χ3v) is 7.00. The fourth-order valence-electron chi connectivity index (χ4n) is 3.88. The highest BCUT2D eigenvalue weighted by molar-refractivity contribution is 7.90. The highest BCUT2D eigenvalue weighted by Gasteiger charge is 2.34. The molecule has 7 nitrogen and oxygen atoms in total. The standard InChI is InChI=1S/C22H25FN4O3S/c1-15(2)20(24-21-18-5-3-4-6-19(18)31(29,30)25-21)22(28)27-13-11-26(12-14-27)17-9-7-16(23)8-10-17/h3-10,15,20H,11-14H2,1-2H3,(H,24,25)/t20-/m1/s1. The lowest BCUT2D eigenvalue weighted by Gasteiger charge is -2.37. The summed E-state index contributed by atoms with van der Waals surface area (Å²) < 4.78 is 40.4. The van der Waals surface area contributed by atoms with Crippen LogP contribution in [-0.2, 0) is 14.8 Å². The maximum atomic E-state index is 13.3. The van der Waals surface area contributed by atoms with Gasteiger partial charge in [0.15, 0.2) is 0 Å². The Morgan fingerprint density at radius 2 is 1.68 bits per heavy atom. The number of piperazine rings is 1. The molecule has 2 aromatic carbocycles. The molecule has 1 atom stereocenters. The molecule has 31 heavy (non-hydrogen) atoms. The number of amidine groups is 1. The Morgan fingerprint density at radius 3 is 2.32 bits per heavy atom. The topological polar surface area (TPSA) is 82.1 Å². The molecule has 1 fully saturated rings. The molecule has 0 aromatic heterocycles.